The summed E-state index contributed by atoms with van der Waals surface area (Å²) in [6, 6.07) is 4.21. The fourth-order valence-electron chi connectivity index (χ4n) is 3.33. The molecule has 2 aromatic rings. The zero-order valence-corrected chi connectivity index (χ0v) is 15.4. The molecule has 0 bridgehead atoms. The maximum Gasteiger partial charge on any atom is 0.161 e. The van der Waals surface area contributed by atoms with E-state index in [4.69, 9.17) is 21.1 Å². The average Bonchev–Trinajstić information content (AvgIpc) is 2.81. The van der Waals surface area contributed by atoms with Gasteiger partial charge in [0.05, 0.1) is 24.9 Å². The van der Waals surface area contributed by atoms with Gasteiger partial charge in [0.1, 0.15) is 5.15 Å². The largest absolute Gasteiger partial charge is 0.490 e. The highest BCUT2D eigenvalue weighted by Crippen LogP contribution is 2.40. The Morgan fingerprint density at radius 3 is 2.50 bits per heavy atom. The first-order valence-electron chi connectivity index (χ1n) is 8.41. The second-order valence-electron chi connectivity index (χ2n) is 5.91. The Balaban J connectivity index is 2.10. The van der Waals surface area contributed by atoms with Crippen LogP contribution in [0.25, 0.3) is 0 Å². The van der Waals surface area contributed by atoms with E-state index in [1.165, 1.54) is 11.1 Å². The molecule has 1 aliphatic rings. The Morgan fingerprint density at radius 2 is 1.92 bits per heavy atom. The first-order chi connectivity index (χ1) is 11.6. The van der Waals surface area contributed by atoms with E-state index in [1.807, 2.05) is 27.8 Å². The molecule has 1 aromatic carbocycles. The fraction of sp³-hybridized carbons (Fsp3) is 0.500. The number of nitrogens with one attached hydrogen (secondary N) is 1. The van der Waals surface area contributed by atoms with E-state index in [0.29, 0.717) is 18.4 Å². The average molecular weight is 350 g/mol. The van der Waals surface area contributed by atoms with E-state index < -0.39 is 0 Å². The topological polar surface area (TPSA) is 48.3 Å². The van der Waals surface area contributed by atoms with Gasteiger partial charge in [-0.1, -0.05) is 11.6 Å². The first kappa shape index (κ1) is 17.1. The first-order valence-corrected chi connectivity index (χ1v) is 8.79. The van der Waals surface area contributed by atoms with Crippen LogP contribution in [0.3, 0.4) is 0 Å². The van der Waals surface area contributed by atoms with Crippen LogP contribution in [-0.4, -0.2) is 29.5 Å². The van der Waals surface area contributed by atoms with Crippen LogP contribution in [-0.2, 0) is 13.5 Å². The van der Waals surface area contributed by atoms with Crippen molar-refractivity contribution < 1.29 is 9.47 Å². The molecule has 5 nitrogen and oxygen atoms in total. The SMILES string of the molecule is CCOc1cc2c(cc1OCC)C(c1c(C)nn(C)c1Cl)NCC2. The van der Waals surface area contributed by atoms with Gasteiger partial charge in [-0.15, -0.1) is 0 Å². The zero-order chi connectivity index (χ0) is 17.3. The lowest BCUT2D eigenvalue weighted by Crippen LogP contribution is -2.31. The van der Waals surface area contributed by atoms with Gasteiger partial charge in [-0.2, -0.15) is 5.10 Å². The number of benzene rings is 1. The third-order valence-electron chi connectivity index (χ3n) is 4.34. The normalized spacial score (nSPS) is 16.8. The van der Waals surface area contributed by atoms with E-state index >= 15 is 0 Å². The number of hydrogen-bond acceptors (Lipinski definition) is 4. The van der Waals surface area contributed by atoms with Crippen molar-refractivity contribution in [2.24, 2.45) is 7.05 Å². The minimum Gasteiger partial charge on any atom is -0.490 e. The second-order valence-corrected chi connectivity index (χ2v) is 6.27. The molecule has 0 radical (unpaired) electrons. The van der Waals surface area contributed by atoms with E-state index in [2.05, 4.69) is 22.5 Å². The van der Waals surface area contributed by atoms with Gasteiger partial charge >= 0.3 is 0 Å². The quantitative estimate of drug-likeness (QED) is 0.898. The summed E-state index contributed by atoms with van der Waals surface area (Å²) < 4.78 is 13.3. The van der Waals surface area contributed by atoms with E-state index in [0.717, 1.165) is 35.7 Å². The maximum atomic E-state index is 6.50. The predicted octanol–water partition coefficient (Wildman–Crippen LogP) is 3.41. The van der Waals surface area contributed by atoms with Crippen LogP contribution >= 0.6 is 11.6 Å². The molecule has 130 valence electrons. The molecule has 0 amide bonds. The molecule has 1 aliphatic heterocycles. The van der Waals surface area contributed by atoms with E-state index in [9.17, 15) is 0 Å². The second kappa shape index (κ2) is 7.03. The lowest BCUT2D eigenvalue weighted by atomic mass is 9.89. The zero-order valence-electron chi connectivity index (χ0n) is 14.6. The number of halogens is 1. The standard InChI is InChI=1S/C18H24ClN3O2/c1-5-23-14-9-12-7-8-20-17(13(12)10-15(14)24-6-2)16-11(3)21-22(4)18(16)19/h9-10,17,20H,5-8H2,1-4H3. The Morgan fingerprint density at radius 1 is 1.25 bits per heavy atom. The molecule has 0 spiro atoms. The van der Waals surface area contributed by atoms with Crippen molar-refractivity contribution in [1.29, 1.82) is 0 Å². The smallest absolute Gasteiger partial charge is 0.161 e. The van der Waals surface area contributed by atoms with E-state index in [1.54, 1.807) is 4.68 Å². The molecule has 24 heavy (non-hydrogen) atoms. The van der Waals surface area contributed by atoms with Crippen molar-refractivity contribution in [3.05, 3.63) is 39.7 Å². The molecule has 3 rings (SSSR count). The van der Waals surface area contributed by atoms with Crippen LogP contribution in [0.4, 0.5) is 0 Å². The van der Waals surface area contributed by atoms with Crippen LogP contribution in [0, 0.1) is 6.92 Å². The molecule has 6 heteroatoms. The molecule has 0 saturated heterocycles. The summed E-state index contributed by atoms with van der Waals surface area (Å²) in [7, 11) is 1.87. The van der Waals surface area contributed by atoms with Gasteiger partial charge in [0, 0.05) is 19.2 Å². The number of aryl methyl sites for hydroxylation is 2. The summed E-state index contributed by atoms with van der Waals surface area (Å²) in [6.45, 7) is 8.07. The molecule has 2 heterocycles. The van der Waals surface area contributed by atoms with Crippen molar-refractivity contribution in [2.45, 2.75) is 33.2 Å². The summed E-state index contributed by atoms with van der Waals surface area (Å²) in [6.07, 6.45) is 0.954. The van der Waals surface area contributed by atoms with Crippen molar-refractivity contribution >= 4 is 11.6 Å². The molecule has 0 saturated carbocycles. The molecule has 0 aliphatic carbocycles. The molecule has 1 atom stereocenters. The van der Waals surface area contributed by atoms with Crippen molar-refractivity contribution in [3.8, 4) is 11.5 Å². The number of nitrogens with zero attached hydrogens (tertiary/aromatic N) is 2. The third kappa shape index (κ3) is 2.98. The van der Waals surface area contributed by atoms with Crippen LogP contribution in [0.2, 0.25) is 5.15 Å². The van der Waals surface area contributed by atoms with Crippen LogP contribution in [0.5, 0.6) is 11.5 Å². The lowest BCUT2D eigenvalue weighted by Gasteiger charge is -2.28. The van der Waals surface area contributed by atoms with Gasteiger partial charge in [-0.3, -0.25) is 4.68 Å². The molecule has 0 fully saturated rings. The highest BCUT2D eigenvalue weighted by Gasteiger charge is 2.29. The molecule has 1 unspecified atom stereocenters. The van der Waals surface area contributed by atoms with Crippen LogP contribution in [0.15, 0.2) is 12.1 Å². The molecular weight excluding hydrogens is 326 g/mol. The summed E-state index contributed by atoms with van der Waals surface area (Å²) in [4.78, 5) is 0. The van der Waals surface area contributed by atoms with Crippen LogP contribution in [0.1, 0.15) is 42.3 Å². The van der Waals surface area contributed by atoms with Crippen molar-refractivity contribution in [1.82, 2.24) is 15.1 Å². The van der Waals surface area contributed by atoms with Gasteiger partial charge in [-0.05, 0) is 50.5 Å². The Labute approximate surface area is 147 Å². The van der Waals surface area contributed by atoms with Gasteiger partial charge in [-0.25, -0.2) is 0 Å². The predicted molar refractivity (Wildman–Crippen MR) is 95.3 cm³/mol. The highest BCUT2D eigenvalue weighted by molar-refractivity contribution is 6.30. The summed E-state index contributed by atoms with van der Waals surface area (Å²) in [5.41, 5.74) is 4.43. The minimum atomic E-state index is 0.0184. The summed E-state index contributed by atoms with van der Waals surface area (Å²) in [5, 5.41) is 8.70. The third-order valence-corrected chi connectivity index (χ3v) is 4.79. The summed E-state index contributed by atoms with van der Waals surface area (Å²) >= 11 is 6.50. The Bertz CT molecular complexity index is 742. The maximum absolute atomic E-state index is 6.50. The minimum absolute atomic E-state index is 0.0184. The van der Waals surface area contributed by atoms with Gasteiger partial charge < -0.3 is 14.8 Å². The number of ether oxygens (including phenoxy) is 2. The summed E-state index contributed by atoms with van der Waals surface area (Å²) in [5.74, 6) is 1.59. The number of fused-ring (bicyclic) bond motifs is 1. The van der Waals surface area contributed by atoms with E-state index in [-0.39, 0.29) is 6.04 Å². The Hall–Kier alpha value is -1.72. The Kier molecular flexibility index (Phi) is 5.01. The van der Waals surface area contributed by atoms with Gasteiger partial charge in [0.25, 0.3) is 0 Å². The fourth-order valence-corrected chi connectivity index (χ4v) is 3.62. The highest BCUT2D eigenvalue weighted by atomic mass is 35.5. The molecule has 1 aromatic heterocycles. The monoisotopic (exact) mass is 349 g/mol. The lowest BCUT2D eigenvalue weighted by molar-refractivity contribution is 0.286. The number of rotatable bonds is 5. The van der Waals surface area contributed by atoms with Gasteiger partial charge in [0.2, 0.25) is 0 Å². The van der Waals surface area contributed by atoms with Crippen molar-refractivity contribution in [2.75, 3.05) is 19.8 Å². The molecular formula is C18H24ClN3O2. The number of hydrogen-bond donors (Lipinski definition) is 1. The number of aromatic nitrogens is 2. The van der Waals surface area contributed by atoms with Crippen LogP contribution < -0.4 is 14.8 Å². The molecule has 1 N–H and O–H groups in total. The van der Waals surface area contributed by atoms with Gasteiger partial charge in [0.15, 0.2) is 11.5 Å². The van der Waals surface area contributed by atoms with Crippen molar-refractivity contribution in [3.63, 3.8) is 0 Å².